The number of hydrazone groups is 1. The second-order valence-corrected chi connectivity index (χ2v) is 6.22. The standard InChI is InChI=1S/C16H21N3O4S/c1-10(20)14(22)15(23)13(21)8-17-19(2)16-18-12(9-24-16)11-6-4-3-5-7-11/h3-10,13-15,20-23H,1-2H3/b17-8-/t10-,13-,14-,15-/m1/s1. The Morgan fingerprint density at radius 2 is 1.79 bits per heavy atom. The Bertz CT molecular complexity index is 662. The number of thiazole rings is 1. The summed E-state index contributed by atoms with van der Waals surface area (Å²) < 4.78 is 0. The highest BCUT2D eigenvalue weighted by Gasteiger charge is 2.27. The van der Waals surface area contributed by atoms with Crippen molar-refractivity contribution >= 4 is 22.7 Å². The summed E-state index contributed by atoms with van der Waals surface area (Å²) in [5.41, 5.74) is 1.82. The lowest BCUT2D eigenvalue weighted by Gasteiger charge is -2.22. The van der Waals surface area contributed by atoms with E-state index in [4.69, 9.17) is 0 Å². The summed E-state index contributed by atoms with van der Waals surface area (Å²) in [6.45, 7) is 1.32. The average molecular weight is 351 g/mol. The first-order valence-electron chi connectivity index (χ1n) is 7.41. The highest BCUT2D eigenvalue weighted by atomic mass is 32.1. The van der Waals surface area contributed by atoms with Gasteiger partial charge in [0.15, 0.2) is 0 Å². The number of rotatable bonds is 7. The van der Waals surface area contributed by atoms with Gasteiger partial charge in [0.2, 0.25) is 5.13 Å². The van der Waals surface area contributed by atoms with Crippen molar-refractivity contribution in [3.63, 3.8) is 0 Å². The zero-order chi connectivity index (χ0) is 17.7. The molecule has 130 valence electrons. The Hall–Kier alpha value is -1.84. The molecule has 0 spiro atoms. The molecule has 1 aromatic heterocycles. The van der Waals surface area contributed by atoms with Gasteiger partial charge in [-0.1, -0.05) is 30.3 Å². The fourth-order valence-corrected chi connectivity index (χ4v) is 2.70. The van der Waals surface area contributed by atoms with Gasteiger partial charge in [-0.05, 0) is 6.92 Å². The van der Waals surface area contributed by atoms with Crippen LogP contribution in [0.3, 0.4) is 0 Å². The number of anilines is 1. The number of aliphatic hydroxyl groups excluding tert-OH is 4. The molecule has 1 heterocycles. The lowest BCUT2D eigenvalue weighted by Crippen LogP contribution is -2.44. The van der Waals surface area contributed by atoms with E-state index >= 15 is 0 Å². The molecular weight excluding hydrogens is 330 g/mol. The molecule has 0 fully saturated rings. The van der Waals surface area contributed by atoms with E-state index in [1.807, 2.05) is 35.7 Å². The van der Waals surface area contributed by atoms with Gasteiger partial charge in [-0.3, -0.25) is 0 Å². The average Bonchev–Trinajstić information content (AvgIpc) is 3.08. The van der Waals surface area contributed by atoms with E-state index in [0.717, 1.165) is 17.5 Å². The molecule has 7 nitrogen and oxygen atoms in total. The molecule has 2 rings (SSSR count). The minimum atomic E-state index is -1.53. The summed E-state index contributed by atoms with van der Waals surface area (Å²) in [4.78, 5) is 4.46. The molecule has 0 bridgehead atoms. The third kappa shape index (κ3) is 4.59. The Morgan fingerprint density at radius 3 is 2.42 bits per heavy atom. The van der Waals surface area contributed by atoms with Gasteiger partial charge in [-0.2, -0.15) is 5.10 Å². The Labute approximate surface area is 144 Å². The van der Waals surface area contributed by atoms with Crippen molar-refractivity contribution in [2.24, 2.45) is 5.10 Å². The maximum absolute atomic E-state index is 9.80. The lowest BCUT2D eigenvalue weighted by atomic mass is 10.1. The quantitative estimate of drug-likeness (QED) is 0.432. The van der Waals surface area contributed by atoms with Gasteiger partial charge < -0.3 is 20.4 Å². The first-order chi connectivity index (χ1) is 11.4. The number of hydrogen-bond donors (Lipinski definition) is 4. The summed E-state index contributed by atoms with van der Waals surface area (Å²) in [6.07, 6.45) is -4.46. The van der Waals surface area contributed by atoms with Crippen molar-refractivity contribution in [3.05, 3.63) is 35.7 Å². The molecule has 24 heavy (non-hydrogen) atoms. The summed E-state index contributed by atoms with van der Waals surface area (Å²) in [7, 11) is 1.66. The highest BCUT2D eigenvalue weighted by molar-refractivity contribution is 7.14. The van der Waals surface area contributed by atoms with E-state index in [0.29, 0.717) is 5.13 Å². The van der Waals surface area contributed by atoms with Gasteiger partial charge in [-0.15, -0.1) is 11.3 Å². The summed E-state index contributed by atoms with van der Waals surface area (Å²) in [6, 6.07) is 9.71. The van der Waals surface area contributed by atoms with Crippen LogP contribution >= 0.6 is 11.3 Å². The Morgan fingerprint density at radius 1 is 1.12 bits per heavy atom. The molecule has 8 heteroatoms. The van der Waals surface area contributed by atoms with Gasteiger partial charge in [0, 0.05) is 18.0 Å². The molecule has 0 radical (unpaired) electrons. The van der Waals surface area contributed by atoms with Crippen molar-refractivity contribution in [2.45, 2.75) is 31.3 Å². The minimum absolute atomic E-state index is 0.614. The molecule has 0 amide bonds. The van der Waals surface area contributed by atoms with Crippen LogP contribution in [0.5, 0.6) is 0 Å². The van der Waals surface area contributed by atoms with E-state index in [1.54, 1.807) is 7.05 Å². The van der Waals surface area contributed by atoms with Crippen molar-refractivity contribution in [1.82, 2.24) is 4.98 Å². The number of nitrogens with zero attached hydrogens (tertiary/aromatic N) is 3. The lowest BCUT2D eigenvalue weighted by molar-refractivity contribution is -0.0821. The number of hydrogen-bond acceptors (Lipinski definition) is 8. The van der Waals surface area contributed by atoms with Crippen LogP contribution in [0.1, 0.15) is 6.92 Å². The van der Waals surface area contributed by atoms with Crippen LogP contribution in [-0.4, -0.2) is 63.1 Å². The van der Waals surface area contributed by atoms with Crippen LogP contribution in [0.25, 0.3) is 11.3 Å². The van der Waals surface area contributed by atoms with Gasteiger partial charge in [0.05, 0.1) is 18.0 Å². The van der Waals surface area contributed by atoms with E-state index in [-0.39, 0.29) is 0 Å². The maximum atomic E-state index is 9.80. The van der Waals surface area contributed by atoms with E-state index in [1.165, 1.54) is 23.3 Å². The number of aromatic nitrogens is 1. The second-order valence-electron chi connectivity index (χ2n) is 5.38. The predicted molar refractivity (Wildman–Crippen MR) is 94.1 cm³/mol. The monoisotopic (exact) mass is 351 g/mol. The summed E-state index contributed by atoms with van der Waals surface area (Å²) >= 11 is 1.39. The van der Waals surface area contributed by atoms with Gasteiger partial charge in [-0.25, -0.2) is 9.99 Å². The van der Waals surface area contributed by atoms with Crippen LogP contribution in [0, 0.1) is 0 Å². The Kier molecular flexibility index (Phi) is 6.41. The zero-order valence-electron chi connectivity index (χ0n) is 13.4. The fraction of sp³-hybridized carbons (Fsp3) is 0.375. The van der Waals surface area contributed by atoms with E-state index < -0.39 is 24.4 Å². The van der Waals surface area contributed by atoms with Crippen LogP contribution in [0.4, 0.5) is 5.13 Å². The minimum Gasteiger partial charge on any atom is -0.391 e. The van der Waals surface area contributed by atoms with E-state index in [2.05, 4.69) is 10.1 Å². The van der Waals surface area contributed by atoms with Crippen LogP contribution in [-0.2, 0) is 0 Å². The molecule has 4 N–H and O–H groups in total. The van der Waals surface area contributed by atoms with E-state index in [9.17, 15) is 20.4 Å². The summed E-state index contributed by atoms with van der Waals surface area (Å²) in [5.74, 6) is 0. The predicted octanol–water partition coefficient (Wildman–Crippen LogP) is 0.696. The molecule has 1 aromatic carbocycles. The first-order valence-corrected chi connectivity index (χ1v) is 8.29. The van der Waals surface area contributed by atoms with Gasteiger partial charge in [0.25, 0.3) is 0 Å². The molecule has 0 aliphatic carbocycles. The van der Waals surface area contributed by atoms with Crippen molar-refractivity contribution < 1.29 is 20.4 Å². The van der Waals surface area contributed by atoms with Crippen LogP contribution in [0.15, 0.2) is 40.8 Å². The highest BCUT2D eigenvalue weighted by Crippen LogP contribution is 2.26. The molecule has 0 unspecified atom stereocenters. The molecule has 0 saturated heterocycles. The fourth-order valence-electron chi connectivity index (χ4n) is 1.95. The maximum Gasteiger partial charge on any atom is 0.206 e. The second kappa shape index (κ2) is 8.32. The zero-order valence-corrected chi connectivity index (χ0v) is 14.2. The SMILES string of the molecule is C[C@@H](O)[C@@H](O)[C@H](O)[C@H](O)/C=N\N(C)c1nc(-c2ccccc2)cs1. The summed E-state index contributed by atoms with van der Waals surface area (Å²) in [5, 5.41) is 46.3. The molecule has 0 aliphatic rings. The van der Waals surface area contributed by atoms with Crippen molar-refractivity contribution in [2.75, 3.05) is 12.1 Å². The van der Waals surface area contributed by atoms with Crippen molar-refractivity contribution in [3.8, 4) is 11.3 Å². The normalized spacial score (nSPS) is 16.8. The topological polar surface area (TPSA) is 109 Å². The first kappa shape index (κ1) is 18.5. The molecule has 2 aromatic rings. The number of benzene rings is 1. The molecule has 4 atom stereocenters. The number of aliphatic hydroxyl groups is 4. The van der Waals surface area contributed by atoms with Gasteiger partial charge >= 0.3 is 0 Å². The van der Waals surface area contributed by atoms with Crippen molar-refractivity contribution in [1.29, 1.82) is 0 Å². The molecular formula is C16H21N3O4S. The smallest absolute Gasteiger partial charge is 0.206 e. The largest absolute Gasteiger partial charge is 0.391 e. The van der Waals surface area contributed by atoms with Gasteiger partial charge in [0.1, 0.15) is 18.3 Å². The molecule has 0 saturated carbocycles. The third-order valence-electron chi connectivity index (χ3n) is 3.43. The molecule has 0 aliphatic heterocycles. The van der Waals surface area contributed by atoms with Crippen LogP contribution < -0.4 is 5.01 Å². The van der Waals surface area contributed by atoms with Crippen LogP contribution in [0.2, 0.25) is 0 Å². The third-order valence-corrected chi connectivity index (χ3v) is 4.33. The Balaban J connectivity index is 2.02.